The number of rotatable bonds is 6. The van der Waals surface area contributed by atoms with Crippen LogP contribution in [0.1, 0.15) is 19.3 Å². The minimum absolute atomic E-state index is 0.140. The largest absolute Gasteiger partial charge is 0.493 e. The molecule has 1 aromatic carbocycles. The van der Waals surface area contributed by atoms with E-state index in [1.165, 1.54) is 0 Å². The van der Waals surface area contributed by atoms with Crippen LogP contribution in [0.15, 0.2) is 55.1 Å². The van der Waals surface area contributed by atoms with Crippen LogP contribution in [0, 0.1) is 5.41 Å². The van der Waals surface area contributed by atoms with E-state index in [0.717, 1.165) is 60.3 Å². The van der Waals surface area contributed by atoms with Crippen LogP contribution < -0.4 is 15.8 Å². The molecule has 3 aliphatic rings. The van der Waals surface area contributed by atoms with Crippen molar-refractivity contribution in [2.75, 3.05) is 30.8 Å². The highest BCUT2D eigenvalue weighted by Crippen LogP contribution is 2.56. The van der Waals surface area contributed by atoms with Crippen molar-refractivity contribution in [2.24, 2.45) is 5.41 Å². The molecule has 3 aromatic heterocycles. The molecule has 0 radical (unpaired) electrons. The monoisotopic (exact) mass is 416 g/mol. The van der Waals surface area contributed by atoms with Gasteiger partial charge in [0.15, 0.2) is 5.65 Å². The minimum atomic E-state index is -0.140. The summed E-state index contributed by atoms with van der Waals surface area (Å²) >= 11 is 0. The second-order valence-electron chi connectivity index (χ2n) is 8.83. The number of nitrogens with two attached hydrogens (primary N) is 1. The summed E-state index contributed by atoms with van der Waals surface area (Å²) < 4.78 is 14.3. The normalized spacial score (nSPS) is 24.8. The summed E-state index contributed by atoms with van der Waals surface area (Å²) in [6.07, 6.45) is 8.38. The highest BCUT2D eigenvalue weighted by molar-refractivity contribution is 5.99. The highest BCUT2D eigenvalue weighted by Gasteiger charge is 2.58. The Balaban J connectivity index is 1.13. The van der Waals surface area contributed by atoms with Gasteiger partial charge in [-0.25, -0.2) is 4.98 Å². The van der Waals surface area contributed by atoms with Gasteiger partial charge in [0.25, 0.3) is 0 Å². The fourth-order valence-corrected chi connectivity index (χ4v) is 5.19. The zero-order valence-corrected chi connectivity index (χ0v) is 17.1. The lowest BCUT2D eigenvalue weighted by molar-refractivity contribution is -0.225. The number of hydrogen-bond donors (Lipinski definition) is 2. The van der Waals surface area contributed by atoms with Crippen molar-refractivity contribution in [1.29, 1.82) is 0 Å². The van der Waals surface area contributed by atoms with Crippen molar-refractivity contribution in [1.82, 2.24) is 19.6 Å². The van der Waals surface area contributed by atoms with Gasteiger partial charge in [-0.3, -0.25) is 4.40 Å². The molecular weight excluding hydrogens is 392 g/mol. The summed E-state index contributed by atoms with van der Waals surface area (Å²) in [6.45, 7) is 2.22. The van der Waals surface area contributed by atoms with Gasteiger partial charge in [-0.1, -0.05) is 12.1 Å². The number of nitrogen functional groups attached to an aromatic ring is 1. The van der Waals surface area contributed by atoms with Gasteiger partial charge in [-0.15, -0.1) is 10.2 Å². The first-order chi connectivity index (χ1) is 15.1. The molecule has 8 nitrogen and oxygen atoms in total. The first-order valence-electron chi connectivity index (χ1n) is 10.6. The third-order valence-electron chi connectivity index (χ3n) is 6.69. The zero-order chi connectivity index (χ0) is 20.9. The maximum absolute atomic E-state index is 6.24. The number of pyridine rings is 2. The first-order valence-corrected chi connectivity index (χ1v) is 10.6. The predicted octanol–water partition coefficient (Wildman–Crippen LogP) is 3.29. The van der Waals surface area contributed by atoms with Crippen LogP contribution in [-0.4, -0.2) is 44.9 Å². The van der Waals surface area contributed by atoms with Crippen LogP contribution >= 0.6 is 0 Å². The predicted molar refractivity (Wildman–Crippen MR) is 118 cm³/mol. The molecule has 4 aromatic rings. The quantitative estimate of drug-likeness (QED) is 0.497. The molecule has 0 spiro atoms. The summed E-state index contributed by atoms with van der Waals surface area (Å²) in [4.78, 5) is 4.19. The standard InChI is InChI=1S/C23H24N6O2/c24-21-18-2-1-3-19(17(18)4-7-25-21)26-13-23-11-22(12-23,6-9-31-23)14-30-16-5-8-29-15-27-28-20(29)10-16/h1-5,7-8,10,15,26H,6,9,11-14H2,(H2,24,25). The smallest absolute Gasteiger partial charge is 0.164 e. The van der Waals surface area contributed by atoms with Gasteiger partial charge in [0.2, 0.25) is 0 Å². The number of nitrogens with zero attached hydrogens (tertiary/aromatic N) is 4. The Morgan fingerprint density at radius 3 is 3.06 bits per heavy atom. The van der Waals surface area contributed by atoms with Crippen molar-refractivity contribution in [3.8, 4) is 5.75 Å². The lowest BCUT2D eigenvalue weighted by atomic mass is 9.56. The second kappa shape index (κ2) is 6.81. The number of fused-ring (bicyclic) bond motifs is 4. The summed E-state index contributed by atoms with van der Waals surface area (Å²) in [5, 5.41) is 13.7. The summed E-state index contributed by atoms with van der Waals surface area (Å²) in [5.41, 5.74) is 7.92. The number of anilines is 2. The van der Waals surface area contributed by atoms with E-state index < -0.39 is 0 Å². The van der Waals surface area contributed by atoms with Gasteiger partial charge in [-0.2, -0.15) is 0 Å². The molecule has 1 aliphatic carbocycles. The van der Waals surface area contributed by atoms with Gasteiger partial charge in [0.1, 0.15) is 17.9 Å². The third kappa shape index (κ3) is 3.14. The van der Waals surface area contributed by atoms with E-state index in [1.54, 1.807) is 12.5 Å². The van der Waals surface area contributed by atoms with E-state index in [9.17, 15) is 0 Å². The van der Waals surface area contributed by atoms with Crippen LogP contribution in [-0.2, 0) is 4.74 Å². The minimum Gasteiger partial charge on any atom is -0.493 e. The van der Waals surface area contributed by atoms with Gasteiger partial charge in [-0.05, 0) is 37.5 Å². The maximum atomic E-state index is 6.24. The van der Waals surface area contributed by atoms with Crippen molar-refractivity contribution in [3.63, 3.8) is 0 Å². The van der Waals surface area contributed by atoms with Gasteiger partial charge >= 0.3 is 0 Å². The Labute approximate surface area is 179 Å². The van der Waals surface area contributed by atoms with Gasteiger partial charge in [0, 0.05) is 53.5 Å². The number of aromatic nitrogens is 4. The van der Waals surface area contributed by atoms with Gasteiger partial charge in [0.05, 0.1) is 12.2 Å². The summed E-state index contributed by atoms with van der Waals surface area (Å²) in [5.74, 6) is 1.39. The first kappa shape index (κ1) is 18.4. The molecule has 2 bridgehead atoms. The van der Waals surface area contributed by atoms with Gasteiger partial charge < -0.3 is 20.5 Å². The Hall–Kier alpha value is -3.39. The SMILES string of the molecule is Nc1nccc2c(NCC34CC(COc5ccn6cnnc6c5)(CCO3)C4)cccc12. The number of hydrogen-bond acceptors (Lipinski definition) is 7. The third-order valence-corrected chi connectivity index (χ3v) is 6.69. The van der Waals surface area contributed by atoms with E-state index in [-0.39, 0.29) is 11.0 Å². The molecule has 0 amide bonds. The Kier molecular flexibility index (Phi) is 4.04. The molecule has 8 heteroatoms. The van der Waals surface area contributed by atoms with Crippen molar-refractivity contribution >= 4 is 27.9 Å². The average molecular weight is 416 g/mol. The Morgan fingerprint density at radius 2 is 2.13 bits per heavy atom. The van der Waals surface area contributed by atoms with Crippen molar-refractivity contribution in [2.45, 2.75) is 24.9 Å². The molecule has 2 saturated heterocycles. The highest BCUT2D eigenvalue weighted by atomic mass is 16.5. The van der Waals surface area contributed by atoms with E-state index in [1.807, 2.05) is 40.9 Å². The van der Waals surface area contributed by atoms with Crippen molar-refractivity contribution in [3.05, 3.63) is 55.1 Å². The summed E-state index contributed by atoms with van der Waals surface area (Å²) in [7, 11) is 0. The topological polar surface area (TPSA) is 99.6 Å². The van der Waals surface area contributed by atoms with Crippen LogP contribution in [0.3, 0.4) is 0 Å². The fourth-order valence-electron chi connectivity index (χ4n) is 5.19. The molecule has 0 atom stereocenters. The molecule has 3 fully saturated rings. The van der Waals surface area contributed by atoms with Crippen LogP contribution in [0.2, 0.25) is 0 Å². The maximum Gasteiger partial charge on any atom is 0.164 e. The molecule has 2 aliphatic heterocycles. The Morgan fingerprint density at radius 1 is 1.19 bits per heavy atom. The van der Waals surface area contributed by atoms with E-state index >= 15 is 0 Å². The second-order valence-corrected chi connectivity index (χ2v) is 8.83. The lowest BCUT2D eigenvalue weighted by Gasteiger charge is -2.59. The Bertz CT molecular complexity index is 1260. The number of benzene rings is 1. The summed E-state index contributed by atoms with van der Waals surface area (Å²) in [6, 6.07) is 12.0. The van der Waals surface area contributed by atoms with Crippen molar-refractivity contribution < 1.29 is 9.47 Å². The van der Waals surface area contributed by atoms with Crippen LogP contribution in [0.25, 0.3) is 16.4 Å². The zero-order valence-electron chi connectivity index (χ0n) is 17.1. The van der Waals surface area contributed by atoms with Crippen LogP contribution in [0.4, 0.5) is 11.5 Å². The number of nitrogens with one attached hydrogen (secondary N) is 1. The van der Waals surface area contributed by atoms with E-state index in [4.69, 9.17) is 15.2 Å². The average Bonchev–Trinajstić information content (AvgIpc) is 3.24. The van der Waals surface area contributed by atoms with E-state index in [0.29, 0.717) is 12.4 Å². The molecule has 31 heavy (non-hydrogen) atoms. The molecule has 0 unspecified atom stereocenters. The lowest BCUT2D eigenvalue weighted by Crippen LogP contribution is -2.63. The number of ether oxygens (including phenoxy) is 2. The molecule has 5 heterocycles. The fraction of sp³-hybridized carbons (Fsp3) is 0.348. The van der Waals surface area contributed by atoms with E-state index in [2.05, 4.69) is 26.6 Å². The molecular formula is C23H24N6O2. The molecule has 7 rings (SSSR count). The molecule has 158 valence electrons. The molecule has 1 saturated carbocycles. The van der Waals surface area contributed by atoms with Crippen LogP contribution in [0.5, 0.6) is 5.75 Å². The molecule has 3 N–H and O–H groups in total.